The maximum Gasteiger partial charge on any atom is 0.313 e. The molecule has 0 aliphatic carbocycles. The minimum Gasteiger partial charge on any atom is -0.461 e. The molecule has 0 radical (unpaired) electrons. The molecular weight excluding hydrogens is 424 g/mol. The first kappa shape index (κ1) is 21.9. The van der Waals surface area contributed by atoms with Gasteiger partial charge in [-0.3, -0.25) is 14.4 Å². The highest BCUT2D eigenvalue weighted by molar-refractivity contribution is 5.99. The Morgan fingerprint density at radius 3 is 2.67 bits per heavy atom. The summed E-state index contributed by atoms with van der Waals surface area (Å²) in [5.41, 5.74) is -0.235. The van der Waals surface area contributed by atoms with Crippen LogP contribution >= 0.6 is 0 Å². The maximum atomic E-state index is 13.9. The fraction of sp³-hybridized carbons (Fsp3) is 0.480. The number of aliphatic hydroxyl groups is 1. The minimum absolute atomic E-state index is 0.00751. The molecule has 0 saturated carbocycles. The van der Waals surface area contributed by atoms with Crippen LogP contribution in [-0.2, 0) is 30.4 Å². The van der Waals surface area contributed by atoms with Crippen molar-refractivity contribution in [3.8, 4) is 0 Å². The molecule has 2 amide bonds. The van der Waals surface area contributed by atoms with Crippen LogP contribution in [0, 0.1) is 11.8 Å². The number of fused-ring (bicyclic) bond motifs is 2. The second-order valence-electron chi connectivity index (χ2n) is 8.97. The molecule has 0 bridgehead atoms. The Kier molecular flexibility index (Phi) is 5.80. The number of carbonyl (C=O) groups excluding carboxylic acids is 3. The van der Waals surface area contributed by atoms with Crippen molar-refractivity contribution < 1.29 is 29.0 Å². The van der Waals surface area contributed by atoms with Gasteiger partial charge in [0.1, 0.15) is 24.2 Å². The number of cyclic esters (lactones) is 1. The standard InChI is InChI=1S/C25H28N2O6/c28-14-5-4-13-27-21-23(30)26(16-17-8-2-1-3-9-17)12-7-11-25(21)20(22(27)29)19-18(33-25)10-6-15-32-24(19)31/h1-3,6-11,18-21,28H,4-5,12-16H2/t18-,19+,20-,21?,25-/m0/s1. The van der Waals surface area contributed by atoms with Gasteiger partial charge in [0.05, 0.1) is 12.0 Å². The van der Waals surface area contributed by atoms with Crippen molar-refractivity contribution in [1.82, 2.24) is 9.80 Å². The van der Waals surface area contributed by atoms with Crippen molar-refractivity contribution in [2.45, 2.75) is 37.1 Å². The summed E-state index contributed by atoms with van der Waals surface area (Å²) in [4.78, 5) is 43.8. The van der Waals surface area contributed by atoms with E-state index in [-0.39, 0.29) is 25.0 Å². The monoisotopic (exact) mass is 452 g/mol. The fourth-order valence-corrected chi connectivity index (χ4v) is 5.60. The van der Waals surface area contributed by atoms with E-state index in [1.165, 1.54) is 0 Å². The molecule has 2 saturated heterocycles. The number of likely N-dealkylation sites (tertiary alicyclic amines) is 1. The first-order valence-electron chi connectivity index (χ1n) is 11.5. The molecule has 5 rings (SSSR count). The topological polar surface area (TPSA) is 96.4 Å². The average molecular weight is 453 g/mol. The van der Waals surface area contributed by atoms with Crippen LogP contribution in [-0.4, -0.2) is 76.7 Å². The molecule has 1 unspecified atom stereocenters. The maximum absolute atomic E-state index is 13.9. The molecule has 5 atom stereocenters. The largest absolute Gasteiger partial charge is 0.461 e. The zero-order valence-corrected chi connectivity index (χ0v) is 18.3. The van der Waals surface area contributed by atoms with Crippen LogP contribution in [0.3, 0.4) is 0 Å². The van der Waals surface area contributed by atoms with Gasteiger partial charge in [-0.05, 0) is 24.5 Å². The predicted molar refractivity (Wildman–Crippen MR) is 118 cm³/mol. The van der Waals surface area contributed by atoms with Crippen LogP contribution in [0.5, 0.6) is 0 Å². The summed E-state index contributed by atoms with van der Waals surface area (Å²) in [6.45, 7) is 1.26. The Morgan fingerprint density at radius 2 is 1.88 bits per heavy atom. The summed E-state index contributed by atoms with van der Waals surface area (Å²) in [6, 6.07) is 8.83. The Labute approximate surface area is 192 Å². The highest BCUT2D eigenvalue weighted by atomic mass is 16.6. The molecule has 2 fully saturated rings. The molecule has 1 N–H and O–H groups in total. The second kappa shape index (κ2) is 8.76. The van der Waals surface area contributed by atoms with E-state index in [1.807, 2.05) is 42.5 Å². The zero-order valence-electron chi connectivity index (χ0n) is 18.3. The Morgan fingerprint density at radius 1 is 1.06 bits per heavy atom. The molecule has 0 aromatic heterocycles. The summed E-state index contributed by atoms with van der Waals surface area (Å²) in [5, 5.41) is 9.24. The van der Waals surface area contributed by atoms with Gasteiger partial charge in [-0.1, -0.05) is 48.6 Å². The quantitative estimate of drug-likeness (QED) is 0.394. The van der Waals surface area contributed by atoms with Crippen LogP contribution < -0.4 is 0 Å². The molecule has 1 aromatic carbocycles. The van der Waals surface area contributed by atoms with E-state index in [4.69, 9.17) is 9.47 Å². The molecule has 1 spiro atoms. The highest BCUT2D eigenvalue weighted by Gasteiger charge is 2.71. The van der Waals surface area contributed by atoms with Gasteiger partial charge in [0.15, 0.2) is 0 Å². The summed E-state index contributed by atoms with van der Waals surface area (Å²) in [5.74, 6) is -2.55. The average Bonchev–Trinajstić information content (AvgIpc) is 3.11. The van der Waals surface area contributed by atoms with E-state index < -0.39 is 35.6 Å². The van der Waals surface area contributed by atoms with Gasteiger partial charge < -0.3 is 24.4 Å². The predicted octanol–water partition coefficient (Wildman–Crippen LogP) is 1.05. The minimum atomic E-state index is -1.23. The molecule has 8 nitrogen and oxygen atoms in total. The summed E-state index contributed by atoms with van der Waals surface area (Å²) >= 11 is 0. The van der Waals surface area contributed by atoms with Gasteiger partial charge in [-0.2, -0.15) is 0 Å². The smallest absolute Gasteiger partial charge is 0.313 e. The Balaban J connectivity index is 1.53. The van der Waals surface area contributed by atoms with Crippen LogP contribution in [0.15, 0.2) is 54.6 Å². The summed E-state index contributed by atoms with van der Waals surface area (Å²) in [7, 11) is 0. The molecule has 1 aromatic rings. The number of hydrogen-bond acceptors (Lipinski definition) is 6. The lowest BCUT2D eigenvalue weighted by Crippen LogP contribution is -2.55. The SMILES string of the molecule is O=C1OCC=C[C@@H]2O[C@]34C=CCN(Cc5ccccc5)C(=O)C3N(CCCCO)C(=O)[C@@H]4[C@H]12. The van der Waals surface area contributed by atoms with Gasteiger partial charge in [-0.25, -0.2) is 0 Å². The zero-order chi connectivity index (χ0) is 23.0. The number of hydrogen-bond donors (Lipinski definition) is 1. The number of unbranched alkanes of at least 4 members (excludes halogenated alkanes) is 1. The Hall–Kier alpha value is -2.97. The van der Waals surface area contributed by atoms with Crippen LogP contribution in [0.1, 0.15) is 18.4 Å². The number of benzene rings is 1. The third kappa shape index (κ3) is 3.57. The van der Waals surface area contributed by atoms with E-state index >= 15 is 0 Å². The number of amides is 2. The van der Waals surface area contributed by atoms with E-state index in [2.05, 4.69) is 0 Å². The van der Waals surface area contributed by atoms with Crippen molar-refractivity contribution in [3.63, 3.8) is 0 Å². The lowest BCUT2D eigenvalue weighted by molar-refractivity contribution is -0.153. The summed E-state index contributed by atoms with van der Waals surface area (Å²) < 4.78 is 11.8. The van der Waals surface area contributed by atoms with Gasteiger partial charge in [0, 0.05) is 26.2 Å². The number of ether oxygens (including phenoxy) is 2. The molecule has 33 heavy (non-hydrogen) atoms. The Bertz CT molecular complexity index is 992. The highest BCUT2D eigenvalue weighted by Crippen LogP contribution is 2.53. The van der Waals surface area contributed by atoms with Gasteiger partial charge in [0.25, 0.3) is 0 Å². The molecular formula is C25H28N2O6. The molecule has 8 heteroatoms. The lowest BCUT2D eigenvalue weighted by atomic mass is 9.78. The number of aliphatic hydroxyl groups excluding tert-OH is 1. The number of rotatable bonds is 6. The van der Waals surface area contributed by atoms with Crippen LogP contribution in [0.2, 0.25) is 0 Å². The summed E-state index contributed by atoms with van der Waals surface area (Å²) in [6.07, 6.45) is 7.65. The van der Waals surface area contributed by atoms with Crippen molar-refractivity contribution in [2.24, 2.45) is 11.8 Å². The van der Waals surface area contributed by atoms with Crippen molar-refractivity contribution in [3.05, 3.63) is 60.2 Å². The molecule has 174 valence electrons. The van der Waals surface area contributed by atoms with Crippen molar-refractivity contribution in [2.75, 3.05) is 26.3 Å². The second-order valence-corrected chi connectivity index (χ2v) is 8.97. The van der Waals surface area contributed by atoms with Gasteiger partial charge in [-0.15, -0.1) is 0 Å². The molecule has 4 heterocycles. The van der Waals surface area contributed by atoms with E-state index in [9.17, 15) is 19.5 Å². The number of carbonyl (C=O) groups is 3. The first-order valence-corrected chi connectivity index (χ1v) is 11.5. The molecule has 4 aliphatic heterocycles. The third-order valence-electron chi connectivity index (χ3n) is 7.02. The van der Waals surface area contributed by atoms with E-state index in [0.717, 1.165) is 5.56 Å². The third-order valence-corrected chi connectivity index (χ3v) is 7.02. The van der Waals surface area contributed by atoms with Crippen molar-refractivity contribution >= 4 is 17.8 Å². The van der Waals surface area contributed by atoms with Gasteiger partial charge >= 0.3 is 5.97 Å². The first-order chi connectivity index (χ1) is 16.1. The molecule has 4 aliphatic rings. The fourth-order valence-electron chi connectivity index (χ4n) is 5.60. The van der Waals surface area contributed by atoms with Crippen LogP contribution in [0.25, 0.3) is 0 Å². The van der Waals surface area contributed by atoms with Crippen LogP contribution in [0.4, 0.5) is 0 Å². The lowest BCUT2D eigenvalue weighted by Gasteiger charge is -2.35. The van der Waals surface area contributed by atoms with Gasteiger partial charge in [0.2, 0.25) is 11.8 Å². The number of esters is 1. The van der Waals surface area contributed by atoms with Crippen molar-refractivity contribution in [1.29, 1.82) is 0 Å². The number of nitrogens with zero attached hydrogens (tertiary/aromatic N) is 2. The normalized spacial score (nSPS) is 32.8. The van der Waals surface area contributed by atoms with E-state index in [0.29, 0.717) is 32.5 Å². The van der Waals surface area contributed by atoms with E-state index in [1.54, 1.807) is 22.0 Å².